The van der Waals surface area contributed by atoms with E-state index in [1.165, 1.54) is 7.11 Å². The third-order valence-corrected chi connectivity index (χ3v) is 0.831. The van der Waals surface area contributed by atoms with E-state index < -0.39 is 0 Å². The van der Waals surface area contributed by atoms with Crippen molar-refractivity contribution in [3.05, 3.63) is 0 Å². The summed E-state index contributed by atoms with van der Waals surface area (Å²) < 4.78 is 5.09. The summed E-state index contributed by atoms with van der Waals surface area (Å²) in [5.74, 6) is -0.164. The van der Waals surface area contributed by atoms with E-state index in [1.54, 1.807) is 0 Å². The summed E-state index contributed by atoms with van der Waals surface area (Å²) >= 11 is 0. The maximum Gasteiger partial charge on any atom is 0.361 e. The van der Waals surface area contributed by atoms with E-state index in [0.29, 0.717) is 11.0 Å². The van der Waals surface area contributed by atoms with Gasteiger partial charge in [0.1, 0.15) is 0 Å². The molecule has 0 aromatic heterocycles. The Balaban J connectivity index is 0. The van der Waals surface area contributed by atoms with E-state index in [0.717, 1.165) is 0 Å². The van der Waals surface area contributed by atoms with Gasteiger partial charge in [-0.05, 0) is 0 Å². The Kier molecular flexibility index (Phi) is 5.61. The summed E-state index contributed by atoms with van der Waals surface area (Å²) in [6, 6.07) is 0. The van der Waals surface area contributed by atoms with Crippen LogP contribution in [0.15, 0.2) is 0 Å². The molecule has 0 N–H and O–H groups in total. The summed E-state index contributed by atoms with van der Waals surface area (Å²) in [6.07, 6.45) is 0. The first-order chi connectivity index (χ1) is 3.95. The van der Waals surface area contributed by atoms with Gasteiger partial charge in [0, 0.05) is 0 Å². The van der Waals surface area contributed by atoms with Gasteiger partial charge in [-0.3, -0.25) is 0 Å². The number of hydrogen-bond acceptors (Lipinski definition) is 2. The van der Waals surface area contributed by atoms with Gasteiger partial charge in [-0.2, -0.15) is 0 Å². The number of quaternary nitrogens is 1. The van der Waals surface area contributed by atoms with Gasteiger partial charge in [-0.25, -0.2) is 4.79 Å². The van der Waals surface area contributed by atoms with Gasteiger partial charge < -0.3 is 21.6 Å². The van der Waals surface area contributed by atoms with E-state index in [4.69, 9.17) is 0 Å². The van der Waals surface area contributed by atoms with Crippen LogP contribution in [0.5, 0.6) is 0 Å². The molecular formula is C6H14ClNO2. The Morgan fingerprint density at radius 2 is 1.80 bits per heavy atom. The molecular weight excluding hydrogens is 154 g/mol. The molecule has 0 atom stereocenters. The Hall–Kier alpha value is -0.280. The molecule has 0 fully saturated rings. The lowest BCUT2D eigenvalue weighted by atomic mass is 10.5. The predicted octanol–water partition coefficient (Wildman–Crippen LogP) is -3.13. The number of carbonyl (C=O) groups excluding carboxylic acids is 1. The van der Waals surface area contributed by atoms with Gasteiger partial charge in [-0.1, -0.05) is 0 Å². The molecule has 0 aliphatic heterocycles. The highest BCUT2D eigenvalue weighted by atomic mass is 35.5. The van der Waals surface area contributed by atoms with Crippen LogP contribution in [0.3, 0.4) is 0 Å². The summed E-state index contributed by atoms with van der Waals surface area (Å²) in [6.45, 7) is 0.427. The molecule has 0 bridgehead atoms. The average Bonchev–Trinajstić information content (AvgIpc) is 1.62. The van der Waals surface area contributed by atoms with Crippen molar-refractivity contribution in [2.45, 2.75) is 0 Å². The lowest BCUT2D eigenvalue weighted by Gasteiger charge is -2.21. The van der Waals surface area contributed by atoms with Crippen LogP contribution in [0.25, 0.3) is 0 Å². The summed E-state index contributed by atoms with van der Waals surface area (Å²) in [4.78, 5) is 10.6. The Bertz CT molecular complexity index is 109. The molecule has 10 heavy (non-hydrogen) atoms. The monoisotopic (exact) mass is 167 g/mol. The van der Waals surface area contributed by atoms with Crippen LogP contribution in [-0.4, -0.2) is 45.2 Å². The summed E-state index contributed by atoms with van der Waals surface area (Å²) in [5, 5.41) is 0. The van der Waals surface area contributed by atoms with E-state index >= 15 is 0 Å². The first-order valence-electron chi connectivity index (χ1n) is 2.83. The third-order valence-electron chi connectivity index (χ3n) is 0.831. The fourth-order valence-corrected chi connectivity index (χ4v) is 0.452. The third kappa shape index (κ3) is 7.72. The average molecular weight is 168 g/mol. The fourth-order valence-electron chi connectivity index (χ4n) is 0.452. The van der Waals surface area contributed by atoms with Crippen molar-refractivity contribution in [2.75, 3.05) is 34.8 Å². The zero-order valence-corrected chi connectivity index (χ0v) is 7.60. The minimum atomic E-state index is -0.164. The fraction of sp³-hybridized carbons (Fsp3) is 0.833. The van der Waals surface area contributed by atoms with Crippen LogP contribution < -0.4 is 12.4 Å². The number of carbonyl (C=O) groups is 1. The van der Waals surface area contributed by atoms with Crippen LogP contribution in [-0.2, 0) is 9.53 Å². The number of ether oxygens (including phenoxy) is 1. The maximum atomic E-state index is 10.6. The zero-order chi connectivity index (χ0) is 7.49. The molecule has 0 amide bonds. The molecule has 0 rings (SSSR count). The molecule has 0 aliphatic carbocycles. The minimum Gasteiger partial charge on any atom is -1.00 e. The van der Waals surface area contributed by atoms with Crippen LogP contribution in [0.2, 0.25) is 0 Å². The number of likely N-dealkylation sites (N-methyl/N-ethyl adjacent to an activating group) is 1. The lowest BCUT2D eigenvalue weighted by molar-refractivity contribution is -0.862. The number of methoxy groups -OCH3 is 1. The van der Waals surface area contributed by atoms with Crippen molar-refractivity contribution >= 4 is 5.97 Å². The van der Waals surface area contributed by atoms with Crippen LogP contribution in [0.4, 0.5) is 0 Å². The molecule has 0 aromatic carbocycles. The first-order valence-corrected chi connectivity index (χ1v) is 2.83. The van der Waals surface area contributed by atoms with Crippen LogP contribution in [0.1, 0.15) is 0 Å². The number of esters is 1. The van der Waals surface area contributed by atoms with Crippen molar-refractivity contribution < 1.29 is 26.4 Å². The molecule has 0 saturated carbocycles. The van der Waals surface area contributed by atoms with Crippen LogP contribution >= 0.6 is 0 Å². The molecule has 0 aromatic rings. The number of halogens is 1. The van der Waals surface area contributed by atoms with E-state index in [1.807, 2.05) is 21.1 Å². The molecule has 0 spiro atoms. The number of nitrogens with zero attached hydrogens (tertiary/aromatic N) is 1. The standard InChI is InChI=1S/C6H14NO2.ClH/c1-7(2,3)5-6(8)9-4;/h5H2,1-4H3;1H/q+1;/p-1. The molecule has 4 heteroatoms. The van der Waals surface area contributed by atoms with Gasteiger partial charge in [0.05, 0.1) is 28.3 Å². The molecule has 0 saturated heterocycles. The summed E-state index contributed by atoms with van der Waals surface area (Å²) in [5.41, 5.74) is 0. The Morgan fingerprint density at radius 1 is 1.40 bits per heavy atom. The molecule has 0 heterocycles. The largest absolute Gasteiger partial charge is 1.00 e. The van der Waals surface area contributed by atoms with Gasteiger partial charge in [-0.15, -0.1) is 0 Å². The number of hydrogen-bond donors (Lipinski definition) is 0. The number of rotatable bonds is 2. The van der Waals surface area contributed by atoms with Crippen molar-refractivity contribution in [1.82, 2.24) is 0 Å². The van der Waals surface area contributed by atoms with Crippen LogP contribution in [0, 0.1) is 0 Å². The second kappa shape index (κ2) is 4.52. The van der Waals surface area contributed by atoms with Crippen molar-refractivity contribution in [1.29, 1.82) is 0 Å². The predicted molar refractivity (Wildman–Crippen MR) is 34.9 cm³/mol. The van der Waals surface area contributed by atoms with E-state index in [-0.39, 0.29) is 18.4 Å². The topological polar surface area (TPSA) is 26.3 Å². The molecule has 0 aliphatic rings. The second-order valence-electron chi connectivity index (χ2n) is 3.02. The van der Waals surface area contributed by atoms with Gasteiger partial charge in [0.2, 0.25) is 0 Å². The highest BCUT2D eigenvalue weighted by molar-refractivity contribution is 5.70. The molecule has 0 radical (unpaired) electrons. The van der Waals surface area contributed by atoms with Crippen molar-refractivity contribution in [2.24, 2.45) is 0 Å². The minimum absolute atomic E-state index is 0. The molecule has 62 valence electrons. The molecule has 0 unspecified atom stereocenters. The normalized spacial score (nSPS) is 10.0. The van der Waals surface area contributed by atoms with Gasteiger partial charge in [0.25, 0.3) is 0 Å². The lowest BCUT2D eigenvalue weighted by Crippen LogP contribution is -3.00. The van der Waals surface area contributed by atoms with E-state index in [2.05, 4.69) is 4.74 Å². The second-order valence-corrected chi connectivity index (χ2v) is 3.02. The Labute approximate surface area is 68.0 Å². The first kappa shape index (κ1) is 12.4. The Morgan fingerprint density at radius 3 is 1.90 bits per heavy atom. The van der Waals surface area contributed by atoms with Gasteiger partial charge >= 0.3 is 5.97 Å². The zero-order valence-electron chi connectivity index (χ0n) is 6.85. The highest BCUT2D eigenvalue weighted by Gasteiger charge is 2.13. The molecule has 3 nitrogen and oxygen atoms in total. The van der Waals surface area contributed by atoms with Crippen molar-refractivity contribution in [3.8, 4) is 0 Å². The van der Waals surface area contributed by atoms with E-state index in [9.17, 15) is 4.79 Å². The highest BCUT2D eigenvalue weighted by Crippen LogP contribution is 1.89. The van der Waals surface area contributed by atoms with Crippen molar-refractivity contribution in [3.63, 3.8) is 0 Å². The quantitative estimate of drug-likeness (QED) is 0.321. The SMILES string of the molecule is COC(=O)C[N+](C)(C)C.[Cl-]. The summed E-state index contributed by atoms with van der Waals surface area (Å²) in [7, 11) is 7.22. The maximum absolute atomic E-state index is 10.6. The smallest absolute Gasteiger partial charge is 0.361 e. The van der Waals surface area contributed by atoms with Gasteiger partial charge in [0.15, 0.2) is 6.54 Å².